The lowest BCUT2D eigenvalue weighted by Crippen LogP contribution is -2.02. The summed E-state index contributed by atoms with van der Waals surface area (Å²) in [5, 5.41) is 1.19. The standard InChI is InChI=1S/C32H65Br/c1-3-5-7-9-11-13-15-16-17-18-20-22-24-26-29-32(30-27-31-33)28-25-23-21-19-14-12-10-8-6-4-2/h32H,3-31H2,1-2H3. The lowest BCUT2D eigenvalue weighted by atomic mass is 9.90. The molecule has 0 aromatic rings. The largest absolute Gasteiger partial charge is 0.0928 e. The van der Waals surface area contributed by atoms with Crippen molar-refractivity contribution in [3.63, 3.8) is 0 Å². The molecule has 0 aromatic carbocycles. The summed E-state index contributed by atoms with van der Waals surface area (Å²) in [6.45, 7) is 4.62. The fourth-order valence-corrected chi connectivity index (χ4v) is 5.67. The van der Waals surface area contributed by atoms with Crippen molar-refractivity contribution in [3.05, 3.63) is 0 Å². The molecular weight excluding hydrogens is 464 g/mol. The van der Waals surface area contributed by atoms with Gasteiger partial charge in [-0.15, -0.1) is 0 Å². The van der Waals surface area contributed by atoms with Crippen molar-refractivity contribution < 1.29 is 0 Å². The Morgan fingerprint density at radius 2 is 0.576 bits per heavy atom. The number of hydrogen-bond acceptors (Lipinski definition) is 0. The van der Waals surface area contributed by atoms with E-state index in [1.54, 1.807) is 0 Å². The van der Waals surface area contributed by atoms with E-state index in [0.29, 0.717) is 0 Å². The second kappa shape index (κ2) is 30.5. The molecule has 0 fully saturated rings. The molecule has 0 radical (unpaired) electrons. The molecule has 0 bridgehead atoms. The lowest BCUT2D eigenvalue weighted by Gasteiger charge is -2.16. The molecule has 0 aromatic heterocycles. The molecule has 1 heteroatoms. The van der Waals surface area contributed by atoms with Gasteiger partial charge in [-0.05, 0) is 18.8 Å². The molecule has 0 aliphatic heterocycles. The van der Waals surface area contributed by atoms with Gasteiger partial charge in [-0.25, -0.2) is 0 Å². The summed E-state index contributed by atoms with van der Waals surface area (Å²) in [5.41, 5.74) is 0. The maximum Gasteiger partial charge on any atom is 0.00314 e. The van der Waals surface area contributed by atoms with Crippen LogP contribution >= 0.6 is 15.9 Å². The van der Waals surface area contributed by atoms with Crippen molar-refractivity contribution in [3.8, 4) is 0 Å². The minimum Gasteiger partial charge on any atom is -0.0928 e. The molecule has 0 heterocycles. The molecule has 0 aliphatic carbocycles. The van der Waals surface area contributed by atoms with Crippen LogP contribution in [0, 0.1) is 5.92 Å². The van der Waals surface area contributed by atoms with Crippen LogP contribution in [0.3, 0.4) is 0 Å². The van der Waals surface area contributed by atoms with Gasteiger partial charge in [0.05, 0.1) is 0 Å². The first-order chi connectivity index (χ1) is 16.3. The zero-order chi connectivity index (χ0) is 24.1. The second-order valence-corrected chi connectivity index (χ2v) is 11.8. The topological polar surface area (TPSA) is 0 Å². The molecule has 0 saturated carbocycles. The van der Waals surface area contributed by atoms with Gasteiger partial charge in [-0.2, -0.15) is 0 Å². The molecule has 0 N–H and O–H groups in total. The summed E-state index contributed by atoms with van der Waals surface area (Å²) in [6.07, 6.45) is 41.1. The fraction of sp³-hybridized carbons (Fsp3) is 1.00. The van der Waals surface area contributed by atoms with Crippen molar-refractivity contribution >= 4 is 15.9 Å². The summed E-state index contributed by atoms with van der Waals surface area (Å²) in [7, 11) is 0. The molecule has 0 nitrogen and oxygen atoms in total. The van der Waals surface area contributed by atoms with Crippen LogP contribution in [0.5, 0.6) is 0 Å². The zero-order valence-electron chi connectivity index (χ0n) is 23.5. The van der Waals surface area contributed by atoms with Crippen molar-refractivity contribution in [2.24, 2.45) is 5.92 Å². The first-order valence-electron chi connectivity index (χ1n) is 15.9. The number of halogens is 1. The van der Waals surface area contributed by atoms with Gasteiger partial charge in [-0.3, -0.25) is 0 Å². The van der Waals surface area contributed by atoms with Crippen LogP contribution in [0.2, 0.25) is 0 Å². The number of rotatable bonds is 29. The Morgan fingerprint density at radius 3 is 0.848 bits per heavy atom. The Labute approximate surface area is 220 Å². The van der Waals surface area contributed by atoms with E-state index in [9.17, 15) is 0 Å². The Bertz CT molecular complexity index is 326. The van der Waals surface area contributed by atoms with Crippen LogP contribution in [0.4, 0.5) is 0 Å². The van der Waals surface area contributed by atoms with Gasteiger partial charge in [-0.1, -0.05) is 197 Å². The smallest absolute Gasteiger partial charge is 0.00314 e. The summed E-state index contributed by atoms with van der Waals surface area (Å²) in [6, 6.07) is 0. The van der Waals surface area contributed by atoms with E-state index in [-0.39, 0.29) is 0 Å². The first-order valence-corrected chi connectivity index (χ1v) is 17.0. The van der Waals surface area contributed by atoms with Crippen molar-refractivity contribution in [2.75, 3.05) is 5.33 Å². The third-order valence-corrected chi connectivity index (χ3v) is 8.24. The SMILES string of the molecule is CCCCCCCCCCCCCCCCC(CCCBr)CCCCCCCCCCCC. The average molecular weight is 530 g/mol. The molecule has 0 rings (SSSR count). The molecule has 33 heavy (non-hydrogen) atoms. The molecule has 0 saturated heterocycles. The van der Waals surface area contributed by atoms with E-state index < -0.39 is 0 Å². The van der Waals surface area contributed by atoms with Gasteiger partial charge in [0.25, 0.3) is 0 Å². The molecule has 0 amide bonds. The van der Waals surface area contributed by atoms with Gasteiger partial charge in [0.2, 0.25) is 0 Å². The van der Waals surface area contributed by atoms with Crippen LogP contribution in [0.15, 0.2) is 0 Å². The third-order valence-electron chi connectivity index (χ3n) is 7.68. The highest BCUT2D eigenvalue weighted by Crippen LogP contribution is 2.24. The molecular formula is C32H65Br. The van der Waals surface area contributed by atoms with Gasteiger partial charge >= 0.3 is 0 Å². The maximum absolute atomic E-state index is 3.66. The Balaban J connectivity index is 3.47. The number of hydrogen-bond donors (Lipinski definition) is 0. The molecule has 200 valence electrons. The lowest BCUT2D eigenvalue weighted by molar-refractivity contribution is 0.378. The minimum atomic E-state index is 1.01. The Hall–Kier alpha value is 0.480. The zero-order valence-corrected chi connectivity index (χ0v) is 25.0. The van der Waals surface area contributed by atoms with Gasteiger partial charge in [0.15, 0.2) is 0 Å². The fourth-order valence-electron chi connectivity index (χ4n) is 5.35. The average Bonchev–Trinajstić information content (AvgIpc) is 2.83. The van der Waals surface area contributed by atoms with Crippen molar-refractivity contribution in [2.45, 2.75) is 194 Å². The van der Waals surface area contributed by atoms with Crippen LogP contribution in [-0.2, 0) is 0 Å². The molecule has 0 spiro atoms. The molecule has 1 atom stereocenters. The molecule has 1 unspecified atom stereocenters. The monoisotopic (exact) mass is 528 g/mol. The van der Waals surface area contributed by atoms with Crippen LogP contribution in [0.1, 0.15) is 194 Å². The van der Waals surface area contributed by atoms with E-state index in [2.05, 4.69) is 29.8 Å². The predicted octanol–water partition coefficient (Wildman–Crippen LogP) is 13.0. The Morgan fingerprint density at radius 1 is 0.333 bits per heavy atom. The normalized spacial score (nSPS) is 12.5. The van der Waals surface area contributed by atoms with Gasteiger partial charge in [0, 0.05) is 5.33 Å². The summed E-state index contributed by atoms with van der Waals surface area (Å²) >= 11 is 3.66. The van der Waals surface area contributed by atoms with Crippen LogP contribution < -0.4 is 0 Å². The Kier molecular flexibility index (Phi) is 31.0. The quantitative estimate of drug-likeness (QED) is 0.0667. The van der Waals surface area contributed by atoms with E-state index in [1.807, 2.05) is 0 Å². The third kappa shape index (κ3) is 28.6. The van der Waals surface area contributed by atoms with Crippen LogP contribution in [-0.4, -0.2) is 5.33 Å². The van der Waals surface area contributed by atoms with Gasteiger partial charge < -0.3 is 0 Å². The molecule has 0 aliphatic rings. The number of unbranched alkanes of at least 4 members (excludes halogenated alkanes) is 22. The van der Waals surface area contributed by atoms with E-state index in [4.69, 9.17) is 0 Å². The predicted molar refractivity (Wildman–Crippen MR) is 158 cm³/mol. The highest BCUT2D eigenvalue weighted by atomic mass is 79.9. The second-order valence-electron chi connectivity index (χ2n) is 11.1. The van der Waals surface area contributed by atoms with E-state index in [0.717, 1.165) is 5.92 Å². The van der Waals surface area contributed by atoms with Crippen molar-refractivity contribution in [1.29, 1.82) is 0 Å². The summed E-state index contributed by atoms with van der Waals surface area (Å²) in [4.78, 5) is 0. The highest BCUT2D eigenvalue weighted by molar-refractivity contribution is 9.09. The van der Waals surface area contributed by atoms with E-state index in [1.165, 1.54) is 185 Å². The van der Waals surface area contributed by atoms with Crippen LogP contribution in [0.25, 0.3) is 0 Å². The van der Waals surface area contributed by atoms with Crippen molar-refractivity contribution in [1.82, 2.24) is 0 Å². The summed E-state index contributed by atoms with van der Waals surface area (Å²) < 4.78 is 0. The maximum atomic E-state index is 3.66. The highest BCUT2D eigenvalue weighted by Gasteiger charge is 2.08. The van der Waals surface area contributed by atoms with E-state index >= 15 is 0 Å². The number of alkyl halides is 1. The van der Waals surface area contributed by atoms with Gasteiger partial charge in [0.1, 0.15) is 0 Å². The summed E-state index contributed by atoms with van der Waals surface area (Å²) in [5.74, 6) is 1.01. The minimum absolute atomic E-state index is 1.01. The first kappa shape index (κ1) is 33.5.